The van der Waals surface area contributed by atoms with Crippen LogP contribution in [-0.2, 0) is 4.74 Å². The third-order valence-electron chi connectivity index (χ3n) is 5.64. The van der Waals surface area contributed by atoms with E-state index in [0.717, 1.165) is 12.1 Å². The van der Waals surface area contributed by atoms with E-state index in [1.165, 1.54) is 12.3 Å². The van der Waals surface area contributed by atoms with Gasteiger partial charge in [0.25, 0.3) is 0 Å². The summed E-state index contributed by atoms with van der Waals surface area (Å²) in [5.74, 6) is -3.17. The van der Waals surface area contributed by atoms with Crippen LogP contribution in [0.15, 0.2) is 30.5 Å². The zero-order chi connectivity index (χ0) is 31.5. The number of hydrogen-bond donors (Lipinski definition) is 0. The minimum atomic E-state index is -3.02. The largest absolute Gasteiger partial charge is 0.373 e. The van der Waals surface area contributed by atoms with Gasteiger partial charge in [0.05, 0.1) is 22.5 Å². The van der Waals surface area contributed by atoms with Crippen molar-refractivity contribution in [3.05, 3.63) is 75.6 Å². The number of aryl methyl sites for hydroxylation is 3. The highest BCUT2D eigenvalue weighted by Gasteiger charge is 2.29. The highest BCUT2D eigenvalue weighted by molar-refractivity contribution is 6.30. The molecule has 1 aromatic carbocycles. The molecule has 0 N–H and O–H groups in total. The van der Waals surface area contributed by atoms with Crippen LogP contribution < -0.4 is 0 Å². The van der Waals surface area contributed by atoms with Gasteiger partial charge in [0.2, 0.25) is 0 Å². The van der Waals surface area contributed by atoms with Crippen LogP contribution in [0.1, 0.15) is 65.7 Å². The molecule has 9 heteroatoms. The summed E-state index contributed by atoms with van der Waals surface area (Å²) in [7, 11) is 0. The highest BCUT2D eigenvalue weighted by Crippen LogP contribution is 2.38. The van der Waals surface area contributed by atoms with Crippen LogP contribution in [-0.4, -0.2) is 31.5 Å². The quantitative estimate of drug-likeness (QED) is 0.329. The molecule has 5 rings (SSSR count). The van der Waals surface area contributed by atoms with Gasteiger partial charge in [-0.05, 0) is 63.2 Å². The first-order chi connectivity index (χ1) is 19.9. The van der Waals surface area contributed by atoms with Crippen LogP contribution in [0.4, 0.5) is 8.78 Å². The zero-order valence-corrected chi connectivity index (χ0v) is 18.2. The second-order valence-corrected chi connectivity index (χ2v) is 8.21. The lowest BCUT2D eigenvalue weighted by Crippen LogP contribution is -2.21. The normalized spacial score (nSPS) is 23.4. The van der Waals surface area contributed by atoms with Crippen LogP contribution in [0.25, 0.3) is 22.4 Å². The topological polar surface area (TPSA) is 73.7 Å². The van der Waals surface area contributed by atoms with Crippen LogP contribution >= 0.6 is 11.6 Å². The van der Waals surface area contributed by atoms with Gasteiger partial charge >= 0.3 is 0 Å². The van der Waals surface area contributed by atoms with Crippen LogP contribution in [0.2, 0.25) is 5.02 Å². The molecule has 2 atom stereocenters. The van der Waals surface area contributed by atoms with E-state index in [0.29, 0.717) is 12.0 Å². The standard InChI is InChI=1S/C25H22ClF2N5O/c1-12-10-15(6-8-29-12)19-11-16(7-9-34-19)24-32-22(17-4-5-18(26)21(28)20(17)27)23-25(33-24)31-14(3)13(2)30-23/h4-6,8,10,16,19H,7,9,11H2,1-3H3/t16-,19-/m0/s1/i1D3,2D3,3D3. The van der Waals surface area contributed by atoms with Crippen molar-refractivity contribution in [1.82, 2.24) is 24.9 Å². The van der Waals surface area contributed by atoms with Crippen molar-refractivity contribution < 1.29 is 25.9 Å². The van der Waals surface area contributed by atoms with Gasteiger partial charge in [-0.1, -0.05) is 11.6 Å². The summed E-state index contributed by atoms with van der Waals surface area (Å²) in [4.78, 5) is 20.9. The van der Waals surface area contributed by atoms with Crippen LogP contribution in [0.5, 0.6) is 0 Å². The fraction of sp³-hybridized carbons (Fsp3) is 0.320. The van der Waals surface area contributed by atoms with Crippen molar-refractivity contribution in [1.29, 1.82) is 0 Å². The maximum absolute atomic E-state index is 15.2. The molecule has 0 unspecified atom stereocenters. The van der Waals surface area contributed by atoms with E-state index < -0.39 is 66.2 Å². The SMILES string of the molecule is [2H]C([2H])([2H])c1cc([C@@H]2C[C@@H](c3nc(-c4ccc(Cl)c(F)c4F)c4nc(C([2H])([2H])[2H])c(C([2H])([2H])[2H])nc4n3)CCO2)ccn1. The van der Waals surface area contributed by atoms with Gasteiger partial charge in [0, 0.05) is 42.3 Å². The van der Waals surface area contributed by atoms with E-state index >= 15 is 4.39 Å². The van der Waals surface area contributed by atoms with E-state index in [4.69, 9.17) is 28.7 Å². The molecule has 0 amide bonds. The number of pyridine rings is 1. The monoisotopic (exact) mass is 490 g/mol. The van der Waals surface area contributed by atoms with Crippen LogP contribution in [0.3, 0.4) is 0 Å². The molecule has 1 fully saturated rings. The fourth-order valence-electron chi connectivity index (χ4n) is 3.95. The van der Waals surface area contributed by atoms with Gasteiger partial charge in [0.15, 0.2) is 17.3 Å². The van der Waals surface area contributed by atoms with Gasteiger partial charge in [-0.15, -0.1) is 0 Å². The van der Waals surface area contributed by atoms with Gasteiger partial charge in [0.1, 0.15) is 17.0 Å². The Kier molecular flexibility index (Phi) is 3.76. The molecular formula is C25H22ClF2N5O. The smallest absolute Gasteiger partial charge is 0.182 e. The molecule has 34 heavy (non-hydrogen) atoms. The third kappa shape index (κ3) is 4.12. The Morgan fingerprint density at radius 2 is 1.88 bits per heavy atom. The van der Waals surface area contributed by atoms with Crippen molar-refractivity contribution in [2.75, 3.05) is 6.61 Å². The molecule has 6 nitrogen and oxygen atoms in total. The van der Waals surface area contributed by atoms with Gasteiger partial charge in [-0.3, -0.25) is 4.98 Å². The Balaban J connectivity index is 1.70. The van der Waals surface area contributed by atoms with E-state index in [1.54, 1.807) is 6.07 Å². The Labute approximate surface area is 213 Å². The molecule has 3 aromatic heterocycles. The minimum absolute atomic E-state index is 0.0723. The Morgan fingerprint density at radius 3 is 2.71 bits per heavy atom. The molecule has 4 heterocycles. The molecule has 4 aromatic rings. The molecule has 0 aliphatic carbocycles. The Bertz CT molecular complexity index is 1720. The predicted molar refractivity (Wildman–Crippen MR) is 125 cm³/mol. The number of ether oxygens (including phenoxy) is 1. The first kappa shape index (κ1) is 14.3. The average molecular weight is 491 g/mol. The van der Waals surface area contributed by atoms with E-state index in [1.807, 2.05) is 0 Å². The van der Waals surface area contributed by atoms with Crippen molar-refractivity contribution in [2.24, 2.45) is 0 Å². The third-order valence-corrected chi connectivity index (χ3v) is 5.94. The average Bonchev–Trinajstić information content (AvgIpc) is 2.93. The highest BCUT2D eigenvalue weighted by atomic mass is 35.5. The number of fused-ring (bicyclic) bond motifs is 1. The number of hydrogen-bond acceptors (Lipinski definition) is 6. The van der Waals surface area contributed by atoms with E-state index in [-0.39, 0.29) is 41.4 Å². The summed E-state index contributed by atoms with van der Waals surface area (Å²) < 4.78 is 106. The number of halogens is 3. The minimum Gasteiger partial charge on any atom is -0.373 e. The number of nitrogens with zero attached hydrogens (tertiary/aromatic N) is 5. The van der Waals surface area contributed by atoms with Crippen molar-refractivity contribution >= 4 is 22.8 Å². The first-order valence-electron chi connectivity index (χ1n) is 14.8. The lowest BCUT2D eigenvalue weighted by molar-refractivity contribution is 0.00393. The molecule has 0 bridgehead atoms. The van der Waals surface area contributed by atoms with Crippen molar-refractivity contribution in [2.45, 2.75) is 45.4 Å². The summed E-state index contributed by atoms with van der Waals surface area (Å²) in [6.45, 7) is -8.24. The maximum atomic E-state index is 15.2. The lowest BCUT2D eigenvalue weighted by Gasteiger charge is -2.29. The molecule has 0 spiro atoms. The summed E-state index contributed by atoms with van der Waals surface area (Å²) >= 11 is 5.75. The summed E-state index contributed by atoms with van der Waals surface area (Å²) in [5.41, 5.74) is -2.61. The predicted octanol–water partition coefficient (Wildman–Crippen LogP) is 5.97. The Hall–Kier alpha value is -3.10. The lowest BCUT2D eigenvalue weighted by atomic mass is 9.91. The molecule has 0 saturated carbocycles. The summed E-state index contributed by atoms with van der Waals surface area (Å²) in [6.07, 6.45) is 1.36. The fourth-order valence-corrected chi connectivity index (χ4v) is 4.10. The second kappa shape index (κ2) is 8.92. The number of aromatic nitrogens is 5. The number of benzene rings is 1. The zero-order valence-electron chi connectivity index (χ0n) is 26.4. The molecule has 1 aliphatic rings. The van der Waals surface area contributed by atoms with Gasteiger partial charge in [-0.25, -0.2) is 28.7 Å². The molecule has 174 valence electrons. The number of rotatable bonds is 3. The Morgan fingerprint density at radius 1 is 1.03 bits per heavy atom. The van der Waals surface area contributed by atoms with E-state index in [2.05, 4.69) is 24.9 Å². The van der Waals surface area contributed by atoms with Crippen LogP contribution in [0, 0.1) is 32.2 Å². The molecular weight excluding hydrogens is 460 g/mol. The molecule has 1 saturated heterocycles. The van der Waals surface area contributed by atoms with Gasteiger partial charge < -0.3 is 4.74 Å². The molecule has 0 radical (unpaired) electrons. The molecule has 1 aliphatic heterocycles. The van der Waals surface area contributed by atoms with E-state index in [9.17, 15) is 4.39 Å². The van der Waals surface area contributed by atoms with Gasteiger partial charge in [-0.2, -0.15) is 0 Å². The van der Waals surface area contributed by atoms with Crippen molar-refractivity contribution in [3.63, 3.8) is 0 Å². The summed E-state index contributed by atoms with van der Waals surface area (Å²) in [6, 6.07) is 5.27. The maximum Gasteiger partial charge on any atom is 0.182 e. The van der Waals surface area contributed by atoms with Crippen molar-refractivity contribution in [3.8, 4) is 11.3 Å². The first-order valence-corrected chi connectivity index (χ1v) is 10.7. The second-order valence-electron chi connectivity index (χ2n) is 7.80. The summed E-state index contributed by atoms with van der Waals surface area (Å²) in [5, 5.41) is -0.500.